The fourth-order valence-electron chi connectivity index (χ4n) is 6.20. The van der Waals surface area contributed by atoms with E-state index in [0.29, 0.717) is 19.3 Å². The topological polar surface area (TPSA) is 86.7 Å². The van der Waals surface area contributed by atoms with Crippen molar-refractivity contribution in [1.29, 1.82) is 0 Å². The van der Waals surface area contributed by atoms with Gasteiger partial charge in [0.2, 0.25) is 11.8 Å². The van der Waals surface area contributed by atoms with Crippen molar-refractivity contribution in [3.05, 3.63) is 75.5 Å². The van der Waals surface area contributed by atoms with Crippen LogP contribution in [0.4, 0.5) is 0 Å². The molecule has 2 amide bonds. The zero-order valence-corrected chi connectivity index (χ0v) is 23.2. The summed E-state index contributed by atoms with van der Waals surface area (Å²) in [5.41, 5.74) is 5.76. The van der Waals surface area contributed by atoms with Crippen LogP contribution in [0.25, 0.3) is 5.57 Å². The normalized spacial score (nSPS) is 26.1. The Balaban J connectivity index is 1.44. The monoisotopic (exact) mass is 550 g/mol. The molecule has 2 aromatic rings. The van der Waals surface area contributed by atoms with E-state index in [-0.39, 0.29) is 30.3 Å². The lowest BCUT2D eigenvalue weighted by Gasteiger charge is -2.42. The molecule has 2 N–H and O–H groups in total. The van der Waals surface area contributed by atoms with Gasteiger partial charge in [0.05, 0.1) is 17.2 Å². The van der Waals surface area contributed by atoms with E-state index in [9.17, 15) is 19.5 Å². The van der Waals surface area contributed by atoms with Crippen LogP contribution in [0.15, 0.2) is 64.4 Å². The molecule has 1 fully saturated rings. The van der Waals surface area contributed by atoms with Crippen molar-refractivity contribution in [1.82, 2.24) is 10.2 Å². The van der Waals surface area contributed by atoms with Gasteiger partial charge in [-0.05, 0) is 83.5 Å². The number of nitrogens with one attached hydrogen (secondary N) is 1. The smallest absolute Gasteiger partial charge is 0.326 e. The van der Waals surface area contributed by atoms with E-state index >= 15 is 0 Å². The molecule has 0 spiro atoms. The second-order valence-corrected chi connectivity index (χ2v) is 12.1. The van der Waals surface area contributed by atoms with Crippen molar-refractivity contribution in [3.8, 4) is 0 Å². The molecule has 1 aromatic carbocycles. The summed E-state index contributed by atoms with van der Waals surface area (Å²) in [7, 11) is 0. The van der Waals surface area contributed by atoms with E-state index in [1.165, 1.54) is 11.1 Å². The summed E-state index contributed by atoms with van der Waals surface area (Å²) in [6.45, 7) is 2.37. The third kappa shape index (κ3) is 5.47. The molecule has 200 valence electrons. The molecule has 3 heterocycles. The van der Waals surface area contributed by atoms with Crippen molar-refractivity contribution < 1.29 is 19.5 Å². The standard InChI is InChI=1S/C30H34N2O4S2/c1-18-12-21(20-6-3-2-4-7-20)14-24-23(18)15-22(16-31-28(33)27(37)13-19-10-11-38-17-19)29(34)32-25(24)8-5-9-26(32)30(35)36/h2-4,6-7,10-11,14,17-18,22,25-27,37H,5,8-9,12-13,15-16H2,1H3,(H,31,33)(H,35,36)/t18?,22-,25-,26+,27+/m1/s1. The average molecular weight is 551 g/mol. The zero-order chi connectivity index (χ0) is 26.8. The summed E-state index contributed by atoms with van der Waals surface area (Å²) in [4.78, 5) is 40.8. The largest absolute Gasteiger partial charge is 0.480 e. The van der Waals surface area contributed by atoms with Gasteiger partial charge in [0.15, 0.2) is 0 Å². The molecule has 1 aromatic heterocycles. The summed E-state index contributed by atoms with van der Waals surface area (Å²) >= 11 is 6.09. The van der Waals surface area contributed by atoms with Gasteiger partial charge in [0.1, 0.15) is 6.04 Å². The van der Waals surface area contributed by atoms with E-state index in [1.807, 2.05) is 35.0 Å². The highest BCUT2D eigenvalue weighted by atomic mass is 32.1. The molecule has 5 atom stereocenters. The highest BCUT2D eigenvalue weighted by Crippen LogP contribution is 2.44. The summed E-state index contributed by atoms with van der Waals surface area (Å²) in [6, 6.07) is 11.1. The van der Waals surface area contributed by atoms with Crippen molar-refractivity contribution in [2.75, 3.05) is 6.54 Å². The van der Waals surface area contributed by atoms with E-state index in [0.717, 1.165) is 36.0 Å². The Kier molecular flexibility index (Phi) is 8.09. The van der Waals surface area contributed by atoms with Gasteiger partial charge in [-0.15, -0.1) is 0 Å². The molecule has 0 bridgehead atoms. The van der Waals surface area contributed by atoms with Crippen molar-refractivity contribution in [2.45, 2.75) is 62.8 Å². The maximum absolute atomic E-state index is 14.0. The van der Waals surface area contributed by atoms with Crippen LogP contribution in [-0.2, 0) is 20.8 Å². The number of carbonyl (C=O) groups is 3. The average Bonchev–Trinajstić information content (AvgIpc) is 3.39. The molecule has 0 saturated carbocycles. The van der Waals surface area contributed by atoms with Crippen molar-refractivity contribution in [3.63, 3.8) is 0 Å². The van der Waals surface area contributed by atoms with Gasteiger partial charge in [-0.25, -0.2) is 4.79 Å². The molecule has 8 heteroatoms. The summed E-state index contributed by atoms with van der Waals surface area (Å²) in [6.07, 6.45) is 6.08. The van der Waals surface area contributed by atoms with Crippen molar-refractivity contribution in [2.24, 2.45) is 11.8 Å². The number of carboxylic acid groups (broad SMARTS) is 1. The minimum absolute atomic E-state index is 0.173. The minimum Gasteiger partial charge on any atom is -0.480 e. The van der Waals surface area contributed by atoms with Gasteiger partial charge < -0.3 is 15.3 Å². The van der Waals surface area contributed by atoms with Gasteiger partial charge >= 0.3 is 5.97 Å². The molecule has 38 heavy (non-hydrogen) atoms. The molecule has 0 radical (unpaired) electrons. The third-order valence-electron chi connectivity index (χ3n) is 8.14. The summed E-state index contributed by atoms with van der Waals surface area (Å²) in [5.74, 6) is -1.63. The Bertz CT molecular complexity index is 1250. The summed E-state index contributed by atoms with van der Waals surface area (Å²) < 4.78 is 0. The zero-order valence-electron chi connectivity index (χ0n) is 21.5. The third-order valence-corrected chi connectivity index (χ3v) is 9.29. The van der Waals surface area contributed by atoms with Gasteiger partial charge in [-0.2, -0.15) is 24.0 Å². The first kappa shape index (κ1) is 26.8. The number of hydrogen-bond donors (Lipinski definition) is 3. The number of carboxylic acids is 1. The first-order chi connectivity index (χ1) is 18.3. The number of piperidine rings is 1. The first-order valence-corrected chi connectivity index (χ1v) is 14.8. The lowest BCUT2D eigenvalue weighted by Crippen LogP contribution is -2.55. The highest BCUT2D eigenvalue weighted by molar-refractivity contribution is 7.81. The maximum atomic E-state index is 14.0. The van der Waals surface area contributed by atoms with E-state index < -0.39 is 23.2 Å². The Hall–Kier alpha value is -2.84. The number of benzene rings is 1. The number of aliphatic carboxylic acids is 1. The molecule has 1 unspecified atom stereocenters. The van der Waals surface area contributed by atoms with Crippen LogP contribution in [-0.4, -0.2) is 51.7 Å². The number of thiol groups is 1. The molecule has 1 saturated heterocycles. The van der Waals surface area contributed by atoms with Crippen LogP contribution in [0.5, 0.6) is 0 Å². The van der Waals surface area contributed by atoms with E-state index in [2.05, 4.69) is 43.1 Å². The van der Waals surface area contributed by atoms with Crippen LogP contribution >= 0.6 is 24.0 Å². The molecule has 6 nitrogen and oxygen atoms in total. The first-order valence-electron chi connectivity index (χ1n) is 13.3. The fourth-order valence-corrected chi connectivity index (χ4v) is 7.19. The Morgan fingerprint density at radius 3 is 2.68 bits per heavy atom. The van der Waals surface area contributed by atoms with Crippen molar-refractivity contribution >= 4 is 47.3 Å². The molecular weight excluding hydrogens is 516 g/mol. The Labute approximate surface area is 233 Å². The van der Waals surface area contributed by atoms with Crippen LogP contribution < -0.4 is 5.32 Å². The number of hydrogen-bond acceptors (Lipinski definition) is 5. The molecular formula is C30H34N2O4S2. The minimum atomic E-state index is -0.961. The van der Waals surface area contributed by atoms with Gasteiger partial charge in [-0.1, -0.05) is 48.9 Å². The molecule has 1 aliphatic carbocycles. The lowest BCUT2D eigenvalue weighted by atomic mass is 9.76. The van der Waals surface area contributed by atoms with Crippen LogP contribution in [0.2, 0.25) is 0 Å². The SMILES string of the molecule is CC1CC(c2ccccc2)=CC2=C1C[C@H](CNC(=O)[C@@H](S)Cc1ccsc1)C(=O)N1[C@@H]2CCC[C@H]1C(=O)O. The lowest BCUT2D eigenvalue weighted by molar-refractivity contribution is -0.155. The molecule has 3 aliphatic rings. The maximum Gasteiger partial charge on any atom is 0.326 e. The molecule has 2 aliphatic heterocycles. The second kappa shape index (κ2) is 11.5. The number of rotatable bonds is 7. The number of fused-ring (bicyclic) bond motifs is 2. The Morgan fingerprint density at radius 2 is 1.97 bits per heavy atom. The number of allylic oxidation sites excluding steroid dienone is 2. The van der Waals surface area contributed by atoms with Gasteiger partial charge in [0.25, 0.3) is 0 Å². The van der Waals surface area contributed by atoms with Crippen LogP contribution in [0.3, 0.4) is 0 Å². The number of amides is 2. The molecule has 5 rings (SSSR count). The predicted molar refractivity (Wildman–Crippen MR) is 153 cm³/mol. The van der Waals surface area contributed by atoms with E-state index in [4.69, 9.17) is 0 Å². The number of carbonyl (C=O) groups excluding carboxylic acids is 2. The predicted octanol–water partition coefficient (Wildman–Crippen LogP) is 4.98. The second-order valence-electron chi connectivity index (χ2n) is 10.7. The number of nitrogens with zero attached hydrogens (tertiary/aromatic N) is 1. The van der Waals surface area contributed by atoms with Crippen LogP contribution in [0.1, 0.15) is 50.2 Å². The quantitative estimate of drug-likeness (QED) is 0.425. The van der Waals surface area contributed by atoms with Crippen LogP contribution in [0, 0.1) is 11.8 Å². The summed E-state index contributed by atoms with van der Waals surface area (Å²) in [5, 5.41) is 16.5. The highest BCUT2D eigenvalue weighted by Gasteiger charge is 2.46. The fraction of sp³-hybridized carbons (Fsp3) is 0.433. The van der Waals surface area contributed by atoms with Gasteiger partial charge in [-0.3, -0.25) is 9.59 Å². The van der Waals surface area contributed by atoms with E-state index in [1.54, 1.807) is 16.2 Å². The Morgan fingerprint density at radius 1 is 1.18 bits per heavy atom. The van der Waals surface area contributed by atoms with Gasteiger partial charge in [0, 0.05) is 6.54 Å². The number of thiophene rings is 1.